The zero-order chi connectivity index (χ0) is 30.0. The highest BCUT2D eigenvalue weighted by Crippen LogP contribution is 2.40. The molecule has 3 saturated heterocycles. The standard InChI is InChI=1S/C25H28N6O8S3/c1-12(32)39-10-14-11-42-21-18(20(34)31(21)19(14)22(35)36)28-16(33)9-13-3-2-4-15(27-25-40-7-8-41-25)17(13)29-24(38)30-6-5-26-23(30)37/h2-3,18,21,25H,4-11H2,1H3,(H,26,37)(H,28,33)(H,29,38)(H,35,36)/t18?,21-/m0/s1. The number of imide groups is 1. The third-order valence-corrected chi connectivity index (χ3v) is 10.9. The summed E-state index contributed by atoms with van der Waals surface area (Å²) in [5, 5.41) is 17.2. The van der Waals surface area contributed by atoms with Crippen LogP contribution in [-0.4, -0.2) is 110 Å². The predicted octanol–water partition coefficient (Wildman–Crippen LogP) is 0.832. The smallest absolute Gasteiger partial charge is 0.352 e. The van der Waals surface area contributed by atoms with Gasteiger partial charge in [0.1, 0.15) is 28.4 Å². The number of aliphatic imine (C=N–C) groups is 1. The van der Waals surface area contributed by atoms with Crippen molar-refractivity contribution in [2.75, 3.05) is 37.0 Å². The van der Waals surface area contributed by atoms with Gasteiger partial charge in [-0.1, -0.05) is 12.2 Å². The number of carboxylic acid groups (broad SMARTS) is 1. The Balaban J connectivity index is 1.32. The lowest BCUT2D eigenvalue weighted by atomic mass is 9.97. The number of hydrogen-bond donors (Lipinski definition) is 4. The number of fused-ring (bicyclic) bond motifs is 1. The second-order valence-electron chi connectivity index (χ2n) is 9.61. The maximum absolute atomic E-state index is 13.2. The number of carbonyl (C=O) groups is 6. The van der Waals surface area contributed by atoms with E-state index >= 15 is 0 Å². The first kappa shape index (κ1) is 30.0. The van der Waals surface area contributed by atoms with Crippen molar-refractivity contribution in [1.29, 1.82) is 0 Å². The van der Waals surface area contributed by atoms with Crippen LogP contribution in [0.15, 0.2) is 39.7 Å². The molecule has 42 heavy (non-hydrogen) atoms. The average Bonchev–Trinajstić information content (AvgIpc) is 3.63. The minimum absolute atomic E-state index is 0.0484. The Morgan fingerprint density at radius 3 is 2.62 bits per heavy atom. The number of carboxylic acids is 1. The molecule has 4 heterocycles. The van der Waals surface area contributed by atoms with Gasteiger partial charge in [-0.3, -0.25) is 24.3 Å². The first-order valence-electron chi connectivity index (χ1n) is 13.0. The summed E-state index contributed by atoms with van der Waals surface area (Å²) in [6, 6.07) is -2.09. The van der Waals surface area contributed by atoms with Crippen molar-refractivity contribution in [3.05, 3.63) is 34.7 Å². The normalized spacial score (nSPS) is 24.9. The van der Waals surface area contributed by atoms with Crippen LogP contribution in [-0.2, 0) is 23.9 Å². The molecule has 2 atom stereocenters. The Morgan fingerprint density at radius 1 is 1.19 bits per heavy atom. The number of esters is 1. The summed E-state index contributed by atoms with van der Waals surface area (Å²) in [5.41, 5.74) is 1.46. The number of nitrogens with zero attached hydrogens (tertiary/aromatic N) is 3. The highest BCUT2D eigenvalue weighted by molar-refractivity contribution is 8.20. The molecule has 0 saturated carbocycles. The number of urea groups is 2. The highest BCUT2D eigenvalue weighted by Gasteiger charge is 2.54. The molecule has 5 rings (SSSR count). The largest absolute Gasteiger partial charge is 0.477 e. The number of thioether (sulfide) groups is 3. The quantitative estimate of drug-likeness (QED) is 0.218. The minimum Gasteiger partial charge on any atom is -0.477 e. The van der Waals surface area contributed by atoms with E-state index in [0.29, 0.717) is 35.5 Å². The van der Waals surface area contributed by atoms with Crippen LogP contribution < -0.4 is 16.0 Å². The molecule has 1 aliphatic carbocycles. The molecule has 14 nitrogen and oxygen atoms in total. The lowest BCUT2D eigenvalue weighted by Gasteiger charge is -2.49. The van der Waals surface area contributed by atoms with Gasteiger partial charge in [0.05, 0.1) is 17.8 Å². The number of nitrogens with one attached hydrogen (secondary N) is 3. The highest BCUT2D eigenvalue weighted by atomic mass is 32.2. The molecule has 0 bridgehead atoms. The van der Waals surface area contributed by atoms with Crippen LogP contribution in [0.4, 0.5) is 9.59 Å². The van der Waals surface area contributed by atoms with Gasteiger partial charge in [0.25, 0.3) is 5.91 Å². The summed E-state index contributed by atoms with van der Waals surface area (Å²) >= 11 is 4.63. The van der Waals surface area contributed by atoms with Crippen molar-refractivity contribution < 1.29 is 38.6 Å². The predicted molar refractivity (Wildman–Crippen MR) is 156 cm³/mol. The van der Waals surface area contributed by atoms with Gasteiger partial charge in [-0.05, 0) is 5.57 Å². The number of β-lactam (4-membered cyclic amide) rings is 1. The Kier molecular flexibility index (Phi) is 9.17. The van der Waals surface area contributed by atoms with E-state index in [0.717, 1.165) is 21.3 Å². The number of rotatable bonds is 8. The van der Waals surface area contributed by atoms with Gasteiger partial charge in [0.15, 0.2) is 0 Å². The molecule has 17 heteroatoms. The molecule has 224 valence electrons. The maximum Gasteiger partial charge on any atom is 0.352 e. The zero-order valence-electron chi connectivity index (χ0n) is 22.4. The second kappa shape index (κ2) is 12.8. The fraction of sp³-hybridized carbons (Fsp3) is 0.480. The van der Waals surface area contributed by atoms with E-state index in [-0.39, 0.29) is 35.7 Å². The van der Waals surface area contributed by atoms with Crippen LogP contribution in [0.3, 0.4) is 0 Å². The topological polar surface area (TPSA) is 187 Å². The van der Waals surface area contributed by atoms with Crippen LogP contribution in [0.5, 0.6) is 0 Å². The average molecular weight is 637 g/mol. The van der Waals surface area contributed by atoms with Gasteiger partial charge >= 0.3 is 24.0 Å². The van der Waals surface area contributed by atoms with Crippen LogP contribution in [0.25, 0.3) is 0 Å². The summed E-state index contributed by atoms with van der Waals surface area (Å²) in [6.45, 7) is 1.51. The van der Waals surface area contributed by atoms with Crippen molar-refractivity contribution in [1.82, 2.24) is 25.8 Å². The van der Waals surface area contributed by atoms with Crippen molar-refractivity contribution in [3.63, 3.8) is 0 Å². The second-order valence-corrected chi connectivity index (χ2v) is 13.4. The SMILES string of the molecule is CC(=O)OCC1=C(C(=O)O)N2C(=O)C(NC(=O)CC3=C(NC(=O)N4CCNC4=O)C(=NC4SCCS4)CC=C3)[C@@H]2SC1. The van der Waals surface area contributed by atoms with E-state index in [1.165, 1.54) is 18.7 Å². The number of allylic oxidation sites excluding steroid dienone is 3. The molecule has 3 fully saturated rings. The molecule has 5 aliphatic rings. The lowest BCUT2D eigenvalue weighted by Crippen LogP contribution is -2.70. The fourth-order valence-corrected chi connectivity index (χ4v) is 8.73. The van der Waals surface area contributed by atoms with Crippen LogP contribution in [0.1, 0.15) is 19.8 Å². The molecule has 0 aromatic carbocycles. The summed E-state index contributed by atoms with van der Waals surface area (Å²) in [4.78, 5) is 81.3. The first-order chi connectivity index (χ1) is 20.1. The molecular formula is C25H28N6O8S3. The summed E-state index contributed by atoms with van der Waals surface area (Å²) < 4.78 is 4.90. The maximum atomic E-state index is 13.2. The van der Waals surface area contributed by atoms with Crippen LogP contribution >= 0.6 is 35.3 Å². The van der Waals surface area contributed by atoms with E-state index in [1.54, 1.807) is 29.6 Å². The molecule has 0 spiro atoms. The molecule has 1 unspecified atom stereocenters. The van der Waals surface area contributed by atoms with Crippen molar-refractivity contribution in [3.8, 4) is 0 Å². The van der Waals surface area contributed by atoms with E-state index in [2.05, 4.69) is 16.0 Å². The van der Waals surface area contributed by atoms with E-state index in [9.17, 15) is 33.9 Å². The Labute approximate surface area is 253 Å². The molecule has 4 aliphatic heterocycles. The molecule has 0 aromatic rings. The number of ether oxygens (including phenoxy) is 1. The molecule has 4 N–H and O–H groups in total. The third-order valence-electron chi connectivity index (χ3n) is 6.81. The number of carbonyl (C=O) groups excluding carboxylic acids is 5. The molecule has 0 aromatic heterocycles. The van der Waals surface area contributed by atoms with Crippen LogP contribution in [0.2, 0.25) is 0 Å². The van der Waals surface area contributed by atoms with Gasteiger partial charge in [-0.2, -0.15) is 0 Å². The van der Waals surface area contributed by atoms with Crippen molar-refractivity contribution in [2.24, 2.45) is 4.99 Å². The van der Waals surface area contributed by atoms with Gasteiger partial charge < -0.3 is 25.8 Å². The van der Waals surface area contributed by atoms with Crippen molar-refractivity contribution in [2.45, 2.75) is 35.9 Å². The van der Waals surface area contributed by atoms with Gasteiger partial charge in [-0.15, -0.1) is 35.3 Å². The van der Waals surface area contributed by atoms with Gasteiger partial charge in [-0.25, -0.2) is 19.3 Å². The van der Waals surface area contributed by atoms with Crippen molar-refractivity contribution >= 4 is 76.8 Å². The minimum atomic E-state index is -1.32. The summed E-state index contributed by atoms with van der Waals surface area (Å²) in [5.74, 6) is -0.873. The fourth-order valence-electron chi connectivity index (χ4n) is 4.87. The Hall–Kier alpha value is -3.44. The Morgan fingerprint density at radius 2 is 1.95 bits per heavy atom. The number of hydrogen-bond acceptors (Lipinski definition) is 11. The van der Waals surface area contributed by atoms with Crippen LogP contribution in [0, 0.1) is 0 Å². The third kappa shape index (κ3) is 6.32. The first-order valence-corrected chi connectivity index (χ1v) is 16.2. The summed E-state index contributed by atoms with van der Waals surface area (Å²) in [6.07, 6.45) is 3.79. The van der Waals surface area contributed by atoms with E-state index in [4.69, 9.17) is 9.73 Å². The number of aliphatic carboxylic acids is 1. The molecule has 6 amide bonds. The monoisotopic (exact) mass is 636 g/mol. The van der Waals surface area contributed by atoms with E-state index < -0.39 is 47.2 Å². The van der Waals surface area contributed by atoms with E-state index in [1.807, 2.05) is 6.08 Å². The number of amides is 6. The summed E-state index contributed by atoms with van der Waals surface area (Å²) in [7, 11) is 0. The van der Waals surface area contributed by atoms with Gasteiger partial charge in [0.2, 0.25) is 5.91 Å². The lowest BCUT2D eigenvalue weighted by molar-refractivity contribution is -0.151. The van der Waals surface area contributed by atoms with Gasteiger partial charge in [0, 0.05) is 49.3 Å². The molecule has 0 radical (unpaired) electrons. The zero-order valence-corrected chi connectivity index (χ0v) is 24.9. The molecular weight excluding hydrogens is 609 g/mol. The Bertz CT molecular complexity index is 1360.